The first-order valence-corrected chi connectivity index (χ1v) is 4.74. The summed E-state index contributed by atoms with van der Waals surface area (Å²) in [5.41, 5.74) is 2.18. The molecule has 2 amide bonds. The Morgan fingerprint density at radius 1 is 1.33 bits per heavy atom. The lowest BCUT2D eigenvalue weighted by Gasteiger charge is -2.12. The van der Waals surface area contributed by atoms with Gasteiger partial charge in [0, 0.05) is 7.05 Å². The van der Waals surface area contributed by atoms with Crippen LogP contribution in [0.2, 0.25) is 0 Å². The first kappa shape index (κ1) is 9.71. The van der Waals surface area contributed by atoms with Gasteiger partial charge in [0.25, 0.3) is 5.91 Å². The van der Waals surface area contributed by atoms with Gasteiger partial charge in [-0.25, -0.2) is 0 Å². The molecule has 0 unspecified atom stereocenters. The van der Waals surface area contributed by atoms with Gasteiger partial charge in [-0.15, -0.1) is 0 Å². The molecule has 0 atom stereocenters. The first-order chi connectivity index (χ1) is 7.08. The fraction of sp³-hybridized carbons (Fsp3) is 0.273. The van der Waals surface area contributed by atoms with Gasteiger partial charge in [-0.1, -0.05) is 6.07 Å². The van der Waals surface area contributed by atoms with Gasteiger partial charge < -0.3 is 10.2 Å². The van der Waals surface area contributed by atoms with E-state index >= 15 is 0 Å². The van der Waals surface area contributed by atoms with Crippen LogP contribution in [0.4, 0.5) is 5.69 Å². The predicted octanol–water partition coefficient (Wildman–Crippen LogP) is 1.02. The number of benzene rings is 1. The summed E-state index contributed by atoms with van der Waals surface area (Å²) in [6.07, 6.45) is 0. The maximum absolute atomic E-state index is 11.8. The van der Waals surface area contributed by atoms with Crippen LogP contribution in [0.25, 0.3) is 0 Å². The maximum atomic E-state index is 11.8. The van der Waals surface area contributed by atoms with E-state index in [1.807, 2.05) is 19.1 Å². The van der Waals surface area contributed by atoms with Crippen LogP contribution in [0, 0.1) is 6.92 Å². The lowest BCUT2D eigenvalue weighted by molar-refractivity contribution is -0.116. The van der Waals surface area contributed by atoms with Crippen molar-refractivity contribution in [3.8, 4) is 0 Å². The highest BCUT2D eigenvalue weighted by Gasteiger charge is 2.23. The first-order valence-electron chi connectivity index (χ1n) is 4.74. The summed E-state index contributed by atoms with van der Waals surface area (Å²) in [7, 11) is 1.62. The lowest BCUT2D eigenvalue weighted by atomic mass is 10.1. The Morgan fingerprint density at radius 3 is 2.80 bits per heavy atom. The van der Waals surface area contributed by atoms with Crippen LogP contribution in [0.3, 0.4) is 0 Å². The molecule has 0 spiro atoms. The number of nitrogens with one attached hydrogen (secondary N) is 1. The molecule has 78 valence electrons. The zero-order valence-corrected chi connectivity index (χ0v) is 8.70. The highest BCUT2D eigenvalue weighted by molar-refractivity contribution is 6.08. The normalized spacial score (nSPS) is 15.7. The van der Waals surface area contributed by atoms with E-state index in [4.69, 9.17) is 0 Å². The molecule has 4 nitrogen and oxygen atoms in total. The standard InChI is InChI=1S/C11H12N2O2/c1-7-3-4-8-9(5-7)12-10(14)6-13(2)11(8)15/h3-5H,6H2,1-2H3,(H,12,14). The zero-order valence-electron chi connectivity index (χ0n) is 8.70. The second-order valence-corrected chi connectivity index (χ2v) is 3.76. The highest BCUT2D eigenvalue weighted by Crippen LogP contribution is 2.21. The molecule has 0 saturated heterocycles. The van der Waals surface area contributed by atoms with E-state index in [-0.39, 0.29) is 18.4 Å². The predicted molar refractivity (Wildman–Crippen MR) is 56.8 cm³/mol. The zero-order chi connectivity index (χ0) is 11.0. The number of hydrogen-bond donors (Lipinski definition) is 1. The van der Waals surface area contributed by atoms with Crippen molar-refractivity contribution in [3.05, 3.63) is 29.3 Å². The van der Waals surface area contributed by atoms with Crippen LogP contribution >= 0.6 is 0 Å². The maximum Gasteiger partial charge on any atom is 0.256 e. The molecule has 1 aliphatic heterocycles. The average molecular weight is 204 g/mol. The molecular weight excluding hydrogens is 192 g/mol. The molecular formula is C11H12N2O2. The summed E-state index contributed by atoms with van der Waals surface area (Å²) in [5.74, 6) is -0.279. The Kier molecular flexibility index (Phi) is 2.19. The van der Waals surface area contributed by atoms with Crippen molar-refractivity contribution < 1.29 is 9.59 Å². The van der Waals surface area contributed by atoms with Gasteiger partial charge in [0.15, 0.2) is 0 Å². The van der Waals surface area contributed by atoms with Crippen LogP contribution in [0.1, 0.15) is 15.9 Å². The van der Waals surface area contributed by atoms with E-state index in [2.05, 4.69) is 5.32 Å². The Hall–Kier alpha value is -1.84. The molecule has 4 heteroatoms. The molecule has 0 saturated carbocycles. The number of fused-ring (bicyclic) bond motifs is 1. The van der Waals surface area contributed by atoms with Crippen LogP contribution in [0.5, 0.6) is 0 Å². The number of anilines is 1. The van der Waals surface area contributed by atoms with Gasteiger partial charge in [-0.05, 0) is 24.6 Å². The number of rotatable bonds is 0. The molecule has 1 aromatic rings. The fourth-order valence-corrected chi connectivity index (χ4v) is 1.63. The Balaban J connectivity index is 2.54. The molecule has 0 radical (unpaired) electrons. The molecule has 1 aliphatic rings. The molecule has 2 rings (SSSR count). The largest absolute Gasteiger partial charge is 0.332 e. The molecule has 1 aromatic carbocycles. The van der Waals surface area contributed by atoms with Gasteiger partial charge in [0.05, 0.1) is 17.8 Å². The lowest BCUT2D eigenvalue weighted by Crippen LogP contribution is -2.31. The van der Waals surface area contributed by atoms with Crippen molar-refractivity contribution in [1.82, 2.24) is 4.90 Å². The van der Waals surface area contributed by atoms with Crippen molar-refractivity contribution in [3.63, 3.8) is 0 Å². The minimum atomic E-state index is -0.157. The van der Waals surface area contributed by atoms with Crippen molar-refractivity contribution in [2.75, 3.05) is 18.9 Å². The van der Waals surface area contributed by atoms with Crippen molar-refractivity contribution in [1.29, 1.82) is 0 Å². The minimum absolute atomic E-state index is 0.104. The number of carbonyl (C=O) groups excluding carboxylic acids is 2. The third-order valence-electron chi connectivity index (χ3n) is 2.41. The van der Waals surface area contributed by atoms with Gasteiger partial charge >= 0.3 is 0 Å². The SMILES string of the molecule is Cc1ccc2c(c1)NC(=O)CN(C)C2=O. The van der Waals surface area contributed by atoms with Crippen molar-refractivity contribution in [2.45, 2.75) is 6.92 Å². The van der Waals surface area contributed by atoms with Crippen molar-refractivity contribution >= 4 is 17.5 Å². The number of hydrogen-bond acceptors (Lipinski definition) is 2. The average Bonchev–Trinajstić information content (AvgIpc) is 2.25. The number of nitrogens with zero attached hydrogens (tertiary/aromatic N) is 1. The number of amides is 2. The van der Waals surface area contributed by atoms with Crippen LogP contribution in [-0.2, 0) is 4.79 Å². The van der Waals surface area contributed by atoms with Gasteiger partial charge in [0.2, 0.25) is 5.91 Å². The summed E-state index contributed by atoms with van der Waals surface area (Å²) in [4.78, 5) is 24.6. The number of likely N-dealkylation sites (N-methyl/N-ethyl adjacent to an activating group) is 1. The van der Waals surface area contributed by atoms with E-state index < -0.39 is 0 Å². The molecule has 1 heterocycles. The summed E-state index contributed by atoms with van der Waals surface area (Å²) in [6.45, 7) is 2.03. The number of carbonyl (C=O) groups is 2. The third kappa shape index (κ3) is 1.70. The molecule has 0 aromatic heterocycles. The quantitative estimate of drug-likeness (QED) is 0.686. The van der Waals surface area contributed by atoms with E-state index in [0.717, 1.165) is 5.56 Å². The van der Waals surface area contributed by atoms with Gasteiger partial charge in [-0.3, -0.25) is 9.59 Å². The van der Waals surface area contributed by atoms with E-state index in [9.17, 15) is 9.59 Å². The summed E-state index contributed by atoms with van der Waals surface area (Å²) in [6, 6.07) is 5.42. The smallest absolute Gasteiger partial charge is 0.256 e. The van der Waals surface area contributed by atoms with Crippen molar-refractivity contribution in [2.24, 2.45) is 0 Å². The highest BCUT2D eigenvalue weighted by atomic mass is 16.2. The summed E-state index contributed by atoms with van der Waals surface area (Å²) in [5, 5.41) is 2.72. The molecule has 15 heavy (non-hydrogen) atoms. The topological polar surface area (TPSA) is 49.4 Å². The monoisotopic (exact) mass is 204 g/mol. The van der Waals surface area contributed by atoms with Gasteiger partial charge in [-0.2, -0.15) is 0 Å². The fourth-order valence-electron chi connectivity index (χ4n) is 1.63. The second-order valence-electron chi connectivity index (χ2n) is 3.76. The molecule has 1 N–H and O–H groups in total. The third-order valence-corrected chi connectivity index (χ3v) is 2.41. The van der Waals surface area contributed by atoms with Crippen LogP contribution in [-0.4, -0.2) is 30.3 Å². The summed E-state index contributed by atoms with van der Waals surface area (Å²) < 4.78 is 0. The van der Waals surface area contributed by atoms with E-state index in [1.165, 1.54) is 4.90 Å². The van der Waals surface area contributed by atoms with Gasteiger partial charge in [0.1, 0.15) is 0 Å². The minimum Gasteiger partial charge on any atom is -0.332 e. The van der Waals surface area contributed by atoms with E-state index in [0.29, 0.717) is 11.3 Å². The van der Waals surface area contributed by atoms with Crippen LogP contribution < -0.4 is 5.32 Å². The van der Waals surface area contributed by atoms with Crippen LogP contribution in [0.15, 0.2) is 18.2 Å². The number of aryl methyl sites for hydroxylation is 1. The Morgan fingerprint density at radius 2 is 2.07 bits per heavy atom. The van der Waals surface area contributed by atoms with E-state index in [1.54, 1.807) is 13.1 Å². The molecule has 0 fully saturated rings. The second kappa shape index (κ2) is 3.38. The Bertz CT molecular complexity index is 440. The Labute approximate surface area is 87.9 Å². The molecule has 0 aliphatic carbocycles. The summed E-state index contributed by atoms with van der Waals surface area (Å²) >= 11 is 0. The molecule has 0 bridgehead atoms.